The third kappa shape index (κ3) is 4.32. The molecule has 0 atom stereocenters. The molecule has 0 aromatic heterocycles. The molecule has 0 spiro atoms. The largest absolute Gasteiger partial charge is 0.0622 e. The lowest BCUT2D eigenvalue weighted by Gasteiger charge is -2.08. The molecule has 3 rings (SSSR count). The third-order valence-corrected chi connectivity index (χ3v) is 4.33. The highest BCUT2D eigenvalue weighted by molar-refractivity contribution is 5.33. The van der Waals surface area contributed by atoms with Crippen molar-refractivity contribution in [3.63, 3.8) is 0 Å². The molecule has 0 saturated carbocycles. The van der Waals surface area contributed by atoms with Crippen LogP contribution in [0.4, 0.5) is 0 Å². The number of hydrogen-bond acceptors (Lipinski definition) is 0. The first kappa shape index (κ1) is 15.6. The lowest BCUT2D eigenvalue weighted by atomic mass is 9.97. The van der Waals surface area contributed by atoms with Crippen molar-refractivity contribution in [2.45, 2.75) is 32.6 Å². The molecule has 0 N–H and O–H groups in total. The molecule has 23 heavy (non-hydrogen) atoms. The van der Waals surface area contributed by atoms with Crippen molar-refractivity contribution in [2.75, 3.05) is 0 Å². The van der Waals surface area contributed by atoms with Gasteiger partial charge in [0.25, 0.3) is 0 Å². The second-order valence-electron chi connectivity index (χ2n) is 6.55. The number of rotatable bonds is 5. The zero-order chi connectivity index (χ0) is 16.1. The molecular formula is C23H24. The topological polar surface area (TPSA) is 0 Å². The van der Waals surface area contributed by atoms with Crippen LogP contribution in [0, 0.1) is 0 Å². The van der Waals surface area contributed by atoms with E-state index >= 15 is 0 Å². The smallest absolute Gasteiger partial charge is 0.00258 e. The molecule has 0 nitrogen and oxygen atoms in total. The summed E-state index contributed by atoms with van der Waals surface area (Å²) in [5.41, 5.74) is 6.90. The summed E-state index contributed by atoms with van der Waals surface area (Å²) >= 11 is 0. The summed E-state index contributed by atoms with van der Waals surface area (Å²) in [4.78, 5) is 0. The summed E-state index contributed by atoms with van der Waals surface area (Å²) in [7, 11) is 0. The maximum atomic E-state index is 2.26. The van der Waals surface area contributed by atoms with Crippen molar-refractivity contribution in [3.05, 3.63) is 107 Å². The van der Waals surface area contributed by atoms with Gasteiger partial charge in [0.1, 0.15) is 0 Å². The standard InChI is InChI=1S/C23H24/c1-18(2)23-14-12-22(13-15-23)17-21-10-8-20(9-11-21)16-19-6-4-3-5-7-19/h3-15,18H,16-17H2,1-2H3. The van der Waals surface area contributed by atoms with Crippen LogP contribution in [0.5, 0.6) is 0 Å². The van der Waals surface area contributed by atoms with Crippen LogP contribution < -0.4 is 0 Å². The first-order chi connectivity index (χ1) is 11.2. The molecule has 0 heterocycles. The fourth-order valence-corrected chi connectivity index (χ4v) is 2.86. The third-order valence-electron chi connectivity index (χ3n) is 4.33. The van der Waals surface area contributed by atoms with E-state index in [0.29, 0.717) is 5.92 Å². The lowest BCUT2D eigenvalue weighted by Crippen LogP contribution is -1.92. The monoisotopic (exact) mass is 300 g/mol. The normalized spacial score (nSPS) is 10.9. The van der Waals surface area contributed by atoms with Gasteiger partial charge in [-0.25, -0.2) is 0 Å². The molecule has 0 saturated heterocycles. The molecule has 0 unspecified atom stereocenters. The highest BCUT2D eigenvalue weighted by Crippen LogP contribution is 2.17. The van der Waals surface area contributed by atoms with E-state index < -0.39 is 0 Å². The van der Waals surface area contributed by atoms with Gasteiger partial charge in [0, 0.05) is 0 Å². The maximum absolute atomic E-state index is 2.26. The van der Waals surface area contributed by atoms with Crippen molar-refractivity contribution in [3.8, 4) is 0 Å². The van der Waals surface area contributed by atoms with Gasteiger partial charge >= 0.3 is 0 Å². The van der Waals surface area contributed by atoms with E-state index in [0.717, 1.165) is 12.8 Å². The molecule has 0 fully saturated rings. The SMILES string of the molecule is CC(C)c1ccc(Cc2ccc(Cc3ccccc3)cc2)cc1. The average Bonchev–Trinajstić information content (AvgIpc) is 2.58. The summed E-state index contributed by atoms with van der Waals surface area (Å²) in [5, 5.41) is 0. The van der Waals surface area contributed by atoms with Crippen LogP contribution >= 0.6 is 0 Å². The van der Waals surface area contributed by atoms with E-state index in [9.17, 15) is 0 Å². The average molecular weight is 300 g/mol. The van der Waals surface area contributed by atoms with Crippen LogP contribution in [-0.4, -0.2) is 0 Å². The molecule has 0 bridgehead atoms. The van der Waals surface area contributed by atoms with Crippen LogP contribution in [0.1, 0.15) is 47.6 Å². The zero-order valence-electron chi connectivity index (χ0n) is 14.0. The van der Waals surface area contributed by atoms with Gasteiger partial charge < -0.3 is 0 Å². The molecular weight excluding hydrogens is 276 g/mol. The predicted octanol–water partition coefficient (Wildman–Crippen LogP) is 5.99. The fourth-order valence-electron chi connectivity index (χ4n) is 2.86. The van der Waals surface area contributed by atoms with E-state index in [1.165, 1.54) is 27.8 Å². The van der Waals surface area contributed by atoms with Crippen molar-refractivity contribution < 1.29 is 0 Å². The molecule has 0 aliphatic rings. The van der Waals surface area contributed by atoms with E-state index in [2.05, 4.69) is 92.7 Å². The number of hydrogen-bond donors (Lipinski definition) is 0. The first-order valence-corrected chi connectivity index (χ1v) is 8.41. The van der Waals surface area contributed by atoms with E-state index in [4.69, 9.17) is 0 Å². The lowest BCUT2D eigenvalue weighted by molar-refractivity contribution is 0.865. The Balaban J connectivity index is 1.65. The van der Waals surface area contributed by atoms with Gasteiger partial charge in [-0.2, -0.15) is 0 Å². The Kier molecular flexibility index (Phi) is 4.92. The summed E-state index contributed by atoms with van der Waals surface area (Å²) < 4.78 is 0. The highest BCUT2D eigenvalue weighted by Gasteiger charge is 2.01. The molecule has 0 radical (unpaired) electrons. The van der Waals surface area contributed by atoms with Crippen LogP contribution in [0.3, 0.4) is 0 Å². The molecule has 0 aliphatic carbocycles. The Morgan fingerprint density at radius 3 is 1.35 bits per heavy atom. The van der Waals surface area contributed by atoms with Crippen LogP contribution in [0.15, 0.2) is 78.9 Å². The van der Waals surface area contributed by atoms with Crippen LogP contribution in [-0.2, 0) is 12.8 Å². The van der Waals surface area contributed by atoms with Gasteiger partial charge in [0.2, 0.25) is 0 Å². The summed E-state index contributed by atoms with van der Waals surface area (Å²) in [5.74, 6) is 0.598. The maximum Gasteiger partial charge on any atom is -0.00258 e. The van der Waals surface area contributed by atoms with Gasteiger partial charge in [-0.1, -0.05) is 92.7 Å². The Hall–Kier alpha value is -2.34. The Morgan fingerprint density at radius 1 is 0.522 bits per heavy atom. The second kappa shape index (κ2) is 7.28. The Morgan fingerprint density at radius 2 is 0.913 bits per heavy atom. The van der Waals surface area contributed by atoms with Gasteiger partial charge in [0.15, 0.2) is 0 Å². The summed E-state index contributed by atoms with van der Waals surface area (Å²) in [6.07, 6.45) is 2.01. The minimum atomic E-state index is 0.598. The highest BCUT2D eigenvalue weighted by atomic mass is 14.1. The molecule has 116 valence electrons. The van der Waals surface area contributed by atoms with Crippen molar-refractivity contribution in [2.24, 2.45) is 0 Å². The molecule has 0 amide bonds. The molecule has 0 aliphatic heterocycles. The number of benzene rings is 3. The molecule has 3 aromatic carbocycles. The van der Waals surface area contributed by atoms with Gasteiger partial charge in [-0.15, -0.1) is 0 Å². The summed E-state index contributed by atoms with van der Waals surface area (Å²) in [6.45, 7) is 4.47. The van der Waals surface area contributed by atoms with Crippen LogP contribution in [0.2, 0.25) is 0 Å². The second-order valence-corrected chi connectivity index (χ2v) is 6.55. The van der Waals surface area contributed by atoms with E-state index in [1.807, 2.05) is 0 Å². The predicted molar refractivity (Wildman–Crippen MR) is 99.0 cm³/mol. The zero-order valence-corrected chi connectivity index (χ0v) is 14.0. The Bertz CT molecular complexity index is 719. The van der Waals surface area contributed by atoms with E-state index in [-0.39, 0.29) is 0 Å². The summed E-state index contributed by atoms with van der Waals surface area (Å²) in [6, 6.07) is 28.7. The Labute approximate surface area is 139 Å². The minimum absolute atomic E-state index is 0.598. The molecule has 0 heteroatoms. The van der Waals surface area contributed by atoms with Crippen molar-refractivity contribution in [1.29, 1.82) is 0 Å². The van der Waals surface area contributed by atoms with Crippen molar-refractivity contribution >= 4 is 0 Å². The quantitative estimate of drug-likeness (QED) is 0.543. The first-order valence-electron chi connectivity index (χ1n) is 8.41. The van der Waals surface area contributed by atoms with Crippen molar-refractivity contribution in [1.82, 2.24) is 0 Å². The minimum Gasteiger partial charge on any atom is -0.0622 e. The van der Waals surface area contributed by atoms with E-state index in [1.54, 1.807) is 0 Å². The fraction of sp³-hybridized carbons (Fsp3) is 0.217. The van der Waals surface area contributed by atoms with Crippen LogP contribution in [0.25, 0.3) is 0 Å². The van der Waals surface area contributed by atoms with Gasteiger partial charge in [-0.3, -0.25) is 0 Å². The van der Waals surface area contributed by atoms with Gasteiger partial charge in [0.05, 0.1) is 0 Å². The van der Waals surface area contributed by atoms with Gasteiger partial charge in [-0.05, 0) is 46.6 Å². The molecule has 3 aromatic rings.